The summed E-state index contributed by atoms with van der Waals surface area (Å²) in [5.41, 5.74) is 1.00. The lowest BCUT2D eigenvalue weighted by Gasteiger charge is -1.94. The first kappa shape index (κ1) is 8.72. The number of nitrogens with zero attached hydrogens (tertiary/aromatic N) is 1. The Balaban J connectivity index is 2.89. The number of rotatable bonds is 0. The number of hydrogen-bond donors (Lipinski definition) is 0. The first-order valence-electron chi connectivity index (χ1n) is 3.39. The van der Waals surface area contributed by atoms with E-state index < -0.39 is 0 Å². The summed E-state index contributed by atoms with van der Waals surface area (Å²) in [6.07, 6.45) is 0. The van der Waals surface area contributed by atoms with Crippen LogP contribution < -0.4 is 0 Å². The molecule has 2 aromatic rings. The number of halogens is 2. The van der Waals surface area contributed by atoms with E-state index in [-0.39, 0.29) is 0 Å². The average molecular weight is 310 g/mol. The van der Waals surface area contributed by atoms with Gasteiger partial charge in [-0.25, -0.2) is 4.98 Å². The number of aryl methyl sites for hydroxylation is 1. The van der Waals surface area contributed by atoms with E-state index in [1.165, 1.54) is 0 Å². The third-order valence-electron chi connectivity index (χ3n) is 1.56. The minimum Gasteiger partial charge on any atom is -0.241 e. The van der Waals surface area contributed by atoms with Crippen molar-refractivity contribution in [3.63, 3.8) is 0 Å². The molecule has 0 saturated heterocycles. The molecule has 1 aromatic carbocycles. The van der Waals surface area contributed by atoms with Crippen LogP contribution in [0.1, 0.15) is 5.01 Å². The largest absolute Gasteiger partial charge is 0.241 e. The summed E-state index contributed by atoms with van der Waals surface area (Å²) < 4.78 is 2.19. The molecule has 0 spiro atoms. The SMILES string of the molecule is Cc1nc2ccc(I)c(Cl)c2s1. The first-order chi connectivity index (χ1) is 5.68. The van der Waals surface area contributed by atoms with Crippen LogP contribution in [0.4, 0.5) is 0 Å². The van der Waals surface area contributed by atoms with E-state index in [0.29, 0.717) is 0 Å². The first-order valence-corrected chi connectivity index (χ1v) is 5.67. The maximum Gasteiger partial charge on any atom is 0.0908 e. The number of aromatic nitrogens is 1. The second-order valence-electron chi connectivity index (χ2n) is 2.44. The van der Waals surface area contributed by atoms with Gasteiger partial charge in [-0.2, -0.15) is 0 Å². The number of benzene rings is 1. The average Bonchev–Trinajstić information content (AvgIpc) is 2.39. The quantitative estimate of drug-likeness (QED) is 0.673. The topological polar surface area (TPSA) is 12.9 Å². The Kier molecular flexibility index (Phi) is 2.27. The normalized spacial score (nSPS) is 10.9. The molecule has 1 heterocycles. The molecule has 0 unspecified atom stereocenters. The molecule has 0 aliphatic rings. The number of hydrogen-bond acceptors (Lipinski definition) is 2. The van der Waals surface area contributed by atoms with E-state index in [4.69, 9.17) is 11.6 Å². The van der Waals surface area contributed by atoms with Crippen molar-refractivity contribution in [2.24, 2.45) is 0 Å². The maximum absolute atomic E-state index is 6.10. The smallest absolute Gasteiger partial charge is 0.0908 e. The van der Waals surface area contributed by atoms with Crippen molar-refractivity contribution >= 4 is 55.7 Å². The fourth-order valence-corrected chi connectivity index (χ4v) is 2.81. The monoisotopic (exact) mass is 309 g/mol. The summed E-state index contributed by atoms with van der Waals surface area (Å²) in [6, 6.07) is 4.00. The van der Waals surface area contributed by atoms with Gasteiger partial charge in [0.15, 0.2) is 0 Å². The highest BCUT2D eigenvalue weighted by molar-refractivity contribution is 14.1. The van der Waals surface area contributed by atoms with Crippen molar-refractivity contribution in [2.75, 3.05) is 0 Å². The van der Waals surface area contributed by atoms with Gasteiger partial charge in [-0.15, -0.1) is 11.3 Å². The van der Waals surface area contributed by atoms with Crippen molar-refractivity contribution in [3.05, 3.63) is 25.7 Å². The van der Waals surface area contributed by atoms with Gasteiger partial charge in [-0.3, -0.25) is 0 Å². The zero-order chi connectivity index (χ0) is 8.72. The predicted molar refractivity (Wildman–Crippen MR) is 62.1 cm³/mol. The van der Waals surface area contributed by atoms with Crippen molar-refractivity contribution in [3.8, 4) is 0 Å². The summed E-state index contributed by atoms with van der Waals surface area (Å²) >= 11 is 9.98. The molecule has 2 rings (SSSR count). The third kappa shape index (κ3) is 1.34. The Morgan fingerprint density at radius 2 is 2.25 bits per heavy atom. The molecule has 0 bridgehead atoms. The summed E-state index contributed by atoms with van der Waals surface area (Å²) in [5, 5.41) is 1.90. The van der Waals surface area contributed by atoms with Crippen molar-refractivity contribution in [1.82, 2.24) is 4.98 Å². The molecule has 0 radical (unpaired) electrons. The van der Waals surface area contributed by atoms with Crippen LogP contribution in [-0.2, 0) is 0 Å². The van der Waals surface area contributed by atoms with E-state index in [2.05, 4.69) is 27.6 Å². The van der Waals surface area contributed by atoms with Crippen molar-refractivity contribution < 1.29 is 0 Å². The fraction of sp³-hybridized carbons (Fsp3) is 0.125. The molecular formula is C8H5ClINS. The molecule has 0 aliphatic carbocycles. The van der Waals surface area contributed by atoms with Gasteiger partial charge in [-0.1, -0.05) is 11.6 Å². The van der Waals surface area contributed by atoms with E-state index in [1.807, 2.05) is 19.1 Å². The van der Waals surface area contributed by atoms with Crippen LogP contribution in [0.25, 0.3) is 10.2 Å². The van der Waals surface area contributed by atoms with Crippen molar-refractivity contribution in [1.29, 1.82) is 0 Å². The van der Waals surface area contributed by atoms with Crippen LogP contribution in [0, 0.1) is 10.5 Å². The van der Waals surface area contributed by atoms with Gasteiger partial charge in [0.2, 0.25) is 0 Å². The van der Waals surface area contributed by atoms with Crippen molar-refractivity contribution in [2.45, 2.75) is 6.92 Å². The second kappa shape index (κ2) is 3.12. The summed E-state index contributed by atoms with van der Waals surface area (Å²) in [5.74, 6) is 0. The number of fused-ring (bicyclic) bond motifs is 1. The highest BCUT2D eigenvalue weighted by Crippen LogP contribution is 2.32. The van der Waals surface area contributed by atoms with E-state index in [1.54, 1.807) is 11.3 Å². The zero-order valence-corrected chi connectivity index (χ0v) is 10.00. The Bertz CT molecular complexity index is 438. The van der Waals surface area contributed by atoms with Gasteiger partial charge >= 0.3 is 0 Å². The molecule has 1 nitrogen and oxygen atoms in total. The zero-order valence-electron chi connectivity index (χ0n) is 6.27. The Morgan fingerprint density at radius 3 is 3.00 bits per heavy atom. The molecule has 0 atom stereocenters. The van der Waals surface area contributed by atoms with Gasteiger partial charge < -0.3 is 0 Å². The lowest BCUT2D eigenvalue weighted by molar-refractivity contribution is 1.35. The third-order valence-corrected chi connectivity index (χ3v) is 4.28. The molecule has 0 aliphatic heterocycles. The standard InChI is InChI=1S/C8H5ClINS/c1-4-11-6-3-2-5(10)7(9)8(6)12-4/h2-3H,1H3. The lowest BCUT2D eigenvalue weighted by Crippen LogP contribution is -1.74. The Morgan fingerprint density at radius 1 is 1.50 bits per heavy atom. The maximum atomic E-state index is 6.10. The van der Waals surface area contributed by atoms with E-state index in [9.17, 15) is 0 Å². The molecule has 0 fully saturated rings. The molecule has 1 aromatic heterocycles. The van der Waals surface area contributed by atoms with Gasteiger partial charge in [0.25, 0.3) is 0 Å². The summed E-state index contributed by atoms with van der Waals surface area (Å²) in [7, 11) is 0. The van der Waals surface area contributed by atoms with Crippen LogP contribution in [0.15, 0.2) is 12.1 Å². The van der Waals surface area contributed by atoms with Gasteiger partial charge in [0.05, 0.1) is 20.2 Å². The highest BCUT2D eigenvalue weighted by atomic mass is 127. The molecule has 0 saturated carbocycles. The molecule has 0 amide bonds. The van der Waals surface area contributed by atoms with E-state index >= 15 is 0 Å². The van der Waals surface area contributed by atoms with Gasteiger partial charge in [0, 0.05) is 3.57 Å². The highest BCUT2D eigenvalue weighted by Gasteiger charge is 2.06. The van der Waals surface area contributed by atoms with Crippen LogP contribution in [0.2, 0.25) is 5.02 Å². The minimum absolute atomic E-state index is 0.832. The lowest BCUT2D eigenvalue weighted by atomic mass is 10.3. The Labute approximate surface area is 92.9 Å². The molecular weight excluding hydrogens is 305 g/mol. The fourth-order valence-electron chi connectivity index (χ4n) is 1.05. The Hall–Kier alpha value is 0.130. The molecule has 4 heteroatoms. The van der Waals surface area contributed by atoms with Crippen LogP contribution in [0.3, 0.4) is 0 Å². The van der Waals surface area contributed by atoms with Gasteiger partial charge in [0.1, 0.15) is 0 Å². The van der Waals surface area contributed by atoms with Crippen LogP contribution >= 0.6 is 45.5 Å². The molecule has 0 N–H and O–H groups in total. The summed E-state index contributed by atoms with van der Waals surface area (Å²) in [4.78, 5) is 4.35. The molecule has 62 valence electrons. The number of thiazole rings is 1. The van der Waals surface area contributed by atoms with Crippen LogP contribution in [0.5, 0.6) is 0 Å². The van der Waals surface area contributed by atoms with E-state index in [0.717, 1.165) is 23.8 Å². The van der Waals surface area contributed by atoms with Crippen LogP contribution in [-0.4, -0.2) is 4.98 Å². The second-order valence-corrected chi connectivity index (χ2v) is 5.19. The van der Waals surface area contributed by atoms with Gasteiger partial charge in [-0.05, 0) is 41.6 Å². The summed E-state index contributed by atoms with van der Waals surface area (Å²) in [6.45, 7) is 1.99. The minimum atomic E-state index is 0.832. The predicted octanol–water partition coefficient (Wildman–Crippen LogP) is 3.86. The molecule has 12 heavy (non-hydrogen) atoms.